The predicted octanol–water partition coefficient (Wildman–Crippen LogP) is 3.87. The molecule has 5 rings (SSSR count). The molecule has 0 radical (unpaired) electrons. The Bertz CT molecular complexity index is 1100. The van der Waals surface area contributed by atoms with Gasteiger partial charge in [0, 0.05) is 31.6 Å². The Morgan fingerprint density at radius 1 is 1.00 bits per heavy atom. The van der Waals surface area contributed by atoms with Crippen molar-refractivity contribution >= 4 is 54.9 Å². The zero-order valence-electron chi connectivity index (χ0n) is 14.0. The Labute approximate surface area is 158 Å². The van der Waals surface area contributed by atoms with Crippen LogP contribution in [0.25, 0.3) is 20.3 Å². The average Bonchev–Trinajstić information content (AvgIpc) is 3.34. The van der Waals surface area contributed by atoms with Crippen molar-refractivity contribution in [3.63, 3.8) is 0 Å². The largest absolute Gasteiger partial charge is 0.352 e. The van der Waals surface area contributed by atoms with Crippen LogP contribution in [0, 0.1) is 0 Å². The predicted molar refractivity (Wildman–Crippen MR) is 107 cm³/mol. The molecule has 0 N–H and O–H groups in total. The summed E-state index contributed by atoms with van der Waals surface area (Å²) < 4.78 is 6.82. The number of thiazole rings is 1. The highest BCUT2D eigenvalue weighted by molar-refractivity contribution is 7.17. The molecule has 3 heterocycles. The molecule has 4 aromatic rings. The van der Waals surface area contributed by atoms with Gasteiger partial charge >= 0.3 is 0 Å². The molecule has 1 aliphatic rings. The first-order chi connectivity index (χ1) is 12.8. The zero-order chi connectivity index (χ0) is 17.5. The van der Waals surface area contributed by atoms with Gasteiger partial charge in [-0.15, -0.1) is 11.3 Å². The number of anilines is 1. The Morgan fingerprint density at radius 2 is 1.85 bits per heavy atom. The van der Waals surface area contributed by atoms with Gasteiger partial charge in [-0.2, -0.15) is 4.37 Å². The Morgan fingerprint density at radius 3 is 2.73 bits per heavy atom. The number of benzene rings is 2. The highest BCUT2D eigenvalue weighted by Crippen LogP contribution is 2.30. The van der Waals surface area contributed by atoms with E-state index >= 15 is 0 Å². The fraction of sp³-hybridized carbons (Fsp3) is 0.211. The zero-order valence-corrected chi connectivity index (χ0v) is 15.6. The second-order valence-electron chi connectivity index (χ2n) is 6.29. The first-order valence-electron chi connectivity index (χ1n) is 8.52. The fourth-order valence-electron chi connectivity index (χ4n) is 3.45. The average molecular weight is 380 g/mol. The second-order valence-corrected chi connectivity index (χ2v) is 7.95. The number of hydrogen-bond donors (Lipinski definition) is 0. The van der Waals surface area contributed by atoms with Crippen LogP contribution in [0.2, 0.25) is 0 Å². The number of carbonyl (C=O) groups is 1. The van der Waals surface area contributed by atoms with Gasteiger partial charge in [0.05, 0.1) is 26.0 Å². The summed E-state index contributed by atoms with van der Waals surface area (Å²) in [5, 5.41) is 1.20. The first kappa shape index (κ1) is 15.7. The SMILES string of the molecule is O=C(c1cccc2ncsc12)N1CCN(c2nsc3ccccc23)CC1. The molecule has 0 bridgehead atoms. The molecule has 1 fully saturated rings. The van der Waals surface area contributed by atoms with Gasteiger partial charge in [-0.25, -0.2) is 4.98 Å². The van der Waals surface area contributed by atoms with Gasteiger partial charge in [0.1, 0.15) is 5.82 Å². The quantitative estimate of drug-likeness (QED) is 0.530. The summed E-state index contributed by atoms with van der Waals surface area (Å²) in [5.74, 6) is 1.14. The van der Waals surface area contributed by atoms with Crippen LogP contribution >= 0.6 is 22.9 Å². The number of aromatic nitrogens is 2. The molecule has 5 nitrogen and oxygen atoms in total. The number of fused-ring (bicyclic) bond motifs is 2. The number of nitrogens with zero attached hydrogens (tertiary/aromatic N) is 4. The maximum atomic E-state index is 13.0. The van der Waals surface area contributed by atoms with E-state index in [4.69, 9.17) is 0 Å². The number of rotatable bonds is 2. The smallest absolute Gasteiger partial charge is 0.255 e. The lowest BCUT2D eigenvalue weighted by Gasteiger charge is -2.35. The molecule has 0 atom stereocenters. The normalized spacial score (nSPS) is 15.1. The van der Waals surface area contributed by atoms with Gasteiger partial charge in [0.2, 0.25) is 0 Å². The Balaban J connectivity index is 1.35. The molecule has 0 aliphatic carbocycles. The van der Waals surface area contributed by atoms with E-state index in [0.717, 1.165) is 34.7 Å². The lowest BCUT2D eigenvalue weighted by Crippen LogP contribution is -2.49. The van der Waals surface area contributed by atoms with E-state index in [9.17, 15) is 4.79 Å². The molecular weight excluding hydrogens is 364 g/mol. The summed E-state index contributed by atoms with van der Waals surface area (Å²) in [5.41, 5.74) is 3.46. The van der Waals surface area contributed by atoms with Gasteiger partial charge in [0.25, 0.3) is 5.91 Å². The van der Waals surface area contributed by atoms with Crippen LogP contribution in [-0.4, -0.2) is 46.3 Å². The minimum Gasteiger partial charge on any atom is -0.352 e. The van der Waals surface area contributed by atoms with E-state index in [2.05, 4.69) is 32.5 Å². The van der Waals surface area contributed by atoms with E-state index in [1.54, 1.807) is 5.51 Å². The Hall–Kier alpha value is -2.51. The maximum Gasteiger partial charge on any atom is 0.255 e. The van der Waals surface area contributed by atoms with Crippen LogP contribution in [0.3, 0.4) is 0 Å². The molecule has 2 aromatic heterocycles. The van der Waals surface area contributed by atoms with Crippen molar-refractivity contribution < 1.29 is 4.79 Å². The van der Waals surface area contributed by atoms with Gasteiger partial charge in [-0.05, 0) is 35.8 Å². The third-order valence-corrected chi connectivity index (χ3v) is 6.50. The third-order valence-electron chi connectivity index (χ3n) is 4.81. The van der Waals surface area contributed by atoms with Crippen molar-refractivity contribution in [2.24, 2.45) is 0 Å². The first-order valence-corrected chi connectivity index (χ1v) is 10.2. The van der Waals surface area contributed by atoms with Crippen molar-refractivity contribution in [3.8, 4) is 0 Å². The summed E-state index contributed by atoms with van der Waals surface area (Å²) >= 11 is 3.06. The minimum absolute atomic E-state index is 0.0997. The highest BCUT2D eigenvalue weighted by atomic mass is 32.1. The standard InChI is InChI=1S/C19H16N4OS2/c24-19(14-5-3-6-15-17(14)25-12-20-15)23-10-8-22(9-11-23)18-13-4-1-2-7-16(13)26-21-18/h1-7,12H,8-11H2. The Kier molecular flexibility index (Phi) is 3.83. The van der Waals surface area contributed by atoms with E-state index in [0.29, 0.717) is 13.1 Å². The topological polar surface area (TPSA) is 49.3 Å². The number of carbonyl (C=O) groups excluding carboxylic acids is 1. The van der Waals surface area contributed by atoms with E-state index in [1.165, 1.54) is 33.0 Å². The van der Waals surface area contributed by atoms with Crippen molar-refractivity contribution in [2.45, 2.75) is 0 Å². The second kappa shape index (κ2) is 6.34. The number of piperazine rings is 1. The molecule has 0 unspecified atom stereocenters. The number of amides is 1. The maximum absolute atomic E-state index is 13.0. The summed E-state index contributed by atoms with van der Waals surface area (Å²) in [6, 6.07) is 14.1. The lowest BCUT2D eigenvalue weighted by atomic mass is 10.1. The summed E-state index contributed by atoms with van der Waals surface area (Å²) in [4.78, 5) is 21.5. The fourth-order valence-corrected chi connectivity index (χ4v) is 5.04. The lowest BCUT2D eigenvalue weighted by molar-refractivity contribution is 0.0749. The van der Waals surface area contributed by atoms with Crippen molar-refractivity contribution in [2.75, 3.05) is 31.1 Å². The molecule has 1 aliphatic heterocycles. The monoisotopic (exact) mass is 380 g/mol. The van der Waals surface area contributed by atoms with E-state index in [1.807, 2.05) is 29.2 Å². The van der Waals surface area contributed by atoms with Crippen molar-refractivity contribution in [3.05, 3.63) is 53.5 Å². The van der Waals surface area contributed by atoms with Gasteiger partial charge in [-0.1, -0.05) is 18.2 Å². The third kappa shape index (κ3) is 2.55. The summed E-state index contributed by atoms with van der Waals surface area (Å²) in [6.45, 7) is 3.02. The van der Waals surface area contributed by atoms with Crippen LogP contribution in [0.15, 0.2) is 48.0 Å². The molecule has 1 saturated heterocycles. The molecule has 0 saturated carbocycles. The molecule has 26 heavy (non-hydrogen) atoms. The van der Waals surface area contributed by atoms with Crippen LogP contribution in [0.4, 0.5) is 5.82 Å². The van der Waals surface area contributed by atoms with E-state index < -0.39 is 0 Å². The van der Waals surface area contributed by atoms with Crippen molar-refractivity contribution in [1.29, 1.82) is 0 Å². The summed E-state index contributed by atoms with van der Waals surface area (Å²) in [7, 11) is 0. The molecule has 2 aromatic carbocycles. The molecular formula is C19H16N4OS2. The van der Waals surface area contributed by atoms with Crippen LogP contribution in [0.5, 0.6) is 0 Å². The van der Waals surface area contributed by atoms with Crippen LogP contribution in [-0.2, 0) is 0 Å². The molecule has 0 spiro atoms. The van der Waals surface area contributed by atoms with Gasteiger partial charge < -0.3 is 9.80 Å². The molecule has 7 heteroatoms. The highest BCUT2D eigenvalue weighted by Gasteiger charge is 2.25. The van der Waals surface area contributed by atoms with E-state index in [-0.39, 0.29) is 5.91 Å². The van der Waals surface area contributed by atoms with Gasteiger partial charge in [-0.3, -0.25) is 4.79 Å². The molecule has 130 valence electrons. The summed E-state index contributed by atoms with van der Waals surface area (Å²) in [6.07, 6.45) is 0. The van der Waals surface area contributed by atoms with Gasteiger partial charge in [0.15, 0.2) is 0 Å². The van der Waals surface area contributed by atoms with Crippen LogP contribution in [0.1, 0.15) is 10.4 Å². The molecule has 1 amide bonds. The van der Waals surface area contributed by atoms with Crippen LogP contribution < -0.4 is 4.90 Å². The van der Waals surface area contributed by atoms with Crippen molar-refractivity contribution in [1.82, 2.24) is 14.3 Å². The minimum atomic E-state index is 0.0997. The number of hydrogen-bond acceptors (Lipinski definition) is 6.